The summed E-state index contributed by atoms with van der Waals surface area (Å²) < 4.78 is 2.27. The molecule has 1 atom stereocenters. The van der Waals surface area contributed by atoms with E-state index in [-0.39, 0.29) is 0 Å². The van der Waals surface area contributed by atoms with Gasteiger partial charge in [-0.3, -0.25) is 0 Å². The van der Waals surface area contributed by atoms with Crippen LogP contribution in [0.5, 0.6) is 0 Å². The summed E-state index contributed by atoms with van der Waals surface area (Å²) in [5, 5.41) is 3.44. The van der Waals surface area contributed by atoms with E-state index >= 15 is 0 Å². The number of hydrogen-bond donors (Lipinski definition) is 1. The van der Waals surface area contributed by atoms with E-state index in [1.165, 1.54) is 22.5 Å². The monoisotopic (exact) mass is 285 g/mol. The Morgan fingerprint density at radius 2 is 2.00 bits per heavy atom. The Kier molecular flexibility index (Phi) is 5.57. The van der Waals surface area contributed by atoms with Crippen molar-refractivity contribution in [3.8, 4) is 0 Å². The second-order valence-electron chi connectivity index (χ2n) is 5.85. The van der Waals surface area contributed by atoms with E-state index in [1.54, 1.807) is 0 Å². The third kappa shape index (κ3) is 4.18. The second-order valence-corrected chi connectivity index (χ2v) is 5.85. The van der Waals surface area contributed by atoms with Crippen LogP contribution >= 0.6 is 0 Å². The molecule has 0 amide bonds. The molecule has 21 heavy (non-hydrogen) atoms. The molecule has 0 fully saturated rings. The molecular formula is C18H27N3. The first-order chi connectivity index (χ1) is 10.1. The maximum Gasteiger partial charge on any atom is 0.110 e. The highest BCUT2D eigenvalue weighted by molar-refractivity contribution is 5.30. The maximum absolute atomic E-state index is 4.52. The molecule has 2 aromatic rings. The van der Waals surface area contributed by atoms with Gasteiger partial charge in [-0.2, -0.15) is 0 Å². The van der Waals surface area contributed by atoms with Crippen molar-refractivity contribution < 1.29 is 0 Å². The Morgan fingerprint density at radius 3 is 2.67 bits per heavy atom. The summed E-state index contributed by atoms with van der Waals surface area (Å²) in [4.78, 5) is 4.52. The molecule has 3 heteroatoms. The molecule has 114 valence electrons. The number of nitrogens with zero attached hydrogens (tertiary/aromatic N) is 2. The van der Waals surface area contributed by atoms with Gasteiger partial charge < -0.3 is 9.88 Å². The predicted molar refractivity (Wildman–Crippen MR) is 88.7 cm³/mol. The number of rotatable bonds is 7. The van der Waals surface area contributed by atoms with Crippen LogP contribution in [-0.4, -0.2) is 22.6 Å². The summed E-state index contributed by atoms with van der Waals surface area (Å²) in [5.74, 6) is 1.18. The first-order valence-electron chi connectivity index (χ1n) is 7.87. The fraction of sp³-hybridized carbons (Fsp3) is 0.500. The molecule has 0 spiro atoms. The number of benzene rings is 1. The van der Waals surface area contributed by atoms with Crippen LogP contribution in [0.2, 0.25) is 0 Å². The maximum atomic E-state index is 4.52. The lowest BCUT2D eigenvalue weighted by atomic mass is 9.99. The molecule has 1 unspecified atom stereocenters. The van der Waals surface area contributed by atoms with E-state index in [1.807, 2.05) is 13.2 Å². The number of aryl methyl sites for hydroxylation is 3. The van der Waals surface area contributed by atoms with Crippen molar-refractivity contribution in [2.75, 3.05) is 7.05 Å². The highest BCUT2D eigenvalue weighted by atomic mass is 15.1. The molecule has 0 saturated heterocycles. The van der Waals surface area contributed by atoms with Gasteiger partial charge in [0.05, 0.1) is 0 Å². The van der Waals surface area contributed by atoms with Crippen molar-refractivity contribution in [1.82, 2.24) is 14.9 Å². The Hall–Kier alpha value is -1.61. The molecule has 1 N–H and O–H groups in total. The predicted octanol–water partition coefficient (Wildman–Crippen LogP) is 3.28. The number of hydrogen-bond acceptors (Lipinski definition) is 2. The molecule has 2 rings (SSSR count). The van der Waals surface area contributed by atoms with E-state index < -0.39 is 0 Å². The average Bonchev–Trinajstić information content (AvgIpc) is 2.90. The van der Waals surface area contributed by atoms with Crippen molar-refractivity contribution in [3.05, 3.63) is 53.1 Å². The van der Waals surface area contributed by atoms with E-state index in [2.05, 4.69) is 60.0 Å². The standard InChI is InChI=1S/C18H27N3/c1-5-9-21-10-8-20-18(21)13-17(19-4)12-16-7-6-14(2)15(3)11-16/h6-8,10-11,17,19H,5,9,12-13H2,1-4H3. The summed E-state index contributed by atoms with van der Waals surface area (Å²) in [5.41, 5.74) is 4.12. The van der Waals surface area contributed by atoms with E-state index in [0.29, 0.717) is 6.04 Å². The fourth-order valence-electron chi connectivity index (χ4n) is 2.69. The van der Waals surface area contributed by atoms with Crippen LogP contribution in [0.4, 0.5) is 0 Å². The molecule has 1 aromatic carbocycles. The van der Waals surface area contributed by atoms with Crippen LogP contribution in [0.1, 0.15) is 35.9 Å². The van der Waals surface area contributed by atoms with Crippen molar-refractivity contribution in [3.63, 3.8) is 0 Å². The van der Waals surface area contributed by atoms with Crippen molar-refractivity contribution in [1.29, 1.82) is 0 Å². The van der Waals surface area contributed by atoms with Crippen LogP contribution in [0.15, 0.2) is 30.6 Å². The Labute approximate surface area is 128 Å². The minimum atomic E-state index is 0.421. The Morgan fingerprint density at radius 1 is 1.19 bits per heavy atom. The lowest BCUT2D eigenvalue weighted by molar-refractivity contribution is 0.520. The summed E-state index contributed by atoms with van der Waals surface area (Å²) in [7, 11) is 2.04. The van der Waals surface area contributed by atoms with Crippen LogP contribution in [0, 0.1) is 13.8 Å². The molecule has 0 saturated carbocycles. The van der Waals surface area contributed by atoms with Gasteiger partial charge in [-0.15, -0.1) is 0 Å². The van der Waals surface area contributed by atoms with Crippen molar-refractivity contribution >= 4 is 0 Å². The van der Waals surface area contributed by atoms with Gasteiger partial charge >= 0.3 is 0 Å². The largest absolute Gasteiger partial charge is 0.335 e. The SMILES string of the molecule is CCCn1ccnc1CC(Cc1ccc(C)c(C)c1)NC. The van der Waals surface area contributed by atoms with Gasteiger partial charge in [0.2, 0.25) is 0 Å². The average molecular weight is 285 g/mol. The third-order valence-electron chi connectivity index (χ3n) is 4.16. The quantitative estimate of drug-likeness (QED) is 0.846. The zero-order valence-corrected chi connectivity index (χ0v) is 13.7. The second kappa shape index (κ2) is 7.41. The molecule has 0 aliphatic carbocycles. The number of nitrogens with one attached hydrogen (secondary N) is 1. The van der Waals surface area contributed by atoms with Crippen molar-refractivity contribution in [2.45, 2.75) is 52.6 Å². The van der Waals surface area contributed by atoms with Gasteiger partial charge in [0.25, 0.3) is 0 Å². The topological polar surface area (TPSA) is 29.9 Å². The first kappa shape index (κ1) is 15.8. The minimum Gasteiger partial charge on any atom is -0.335 e. The Bertz CT molecular complexity index is 572. The molecule has 1 heterocycles. The van der Waals surface area contributed by atoms with Crippen LogP contribution in [0.25, 0.3) is 0 Å². The first-order valence-corrected chi connectivity index (χ1v) is 7.87. The lowest BCUT2D eigenvalue weighted by Crippen LogP contribution is -2.31. The van der Waals surface area contributed by atoms with E-state index in [4.69, 9.17) is 0 Å². The number of imidazole rings is 1. The molecule has 0 aliphatic heterocycles. The van der Waals surface area contributed by atoms with Gasteiger partial charge in [-0.1, -0.05) is 25.1 Å². The summed E-state index contributed by atoms with van der Waals surface area (Å²) >= 11 is 0. The van der Waals surface area contributed by atoms with Gasteiger partial charge in [0.15, 0.2) is 0 Å². The summed E-state index contributed by atoms with van der Waals surface area (Å²) in [6, 6.07) is 7.18. The molecule has 0 radical (unpaired) electrons. The summed E-state index contributed by atoms with van der Waals surface area (Å²) in [6.45, 7) is 7.60. The lowest BCUT2D eigenvalue weighted by Gasteiger charge is -2.17. The van der Waals surface area contributed by atoms with E-state index in [0.717, 1.165) is 25.8 Å². The minimum absolute atomic E-state index is 0.421. The number of aromatic nitrogens is 2. The molecule has 1 aromatic heterocycles. The van der Waals surface area contributed by atoms with Crippen LogP contribution in [0.3, 0.4) is 0 Å². The van der Waals surface area contributed by atoms with Crippen LogP contribution < -0.4 is 5.32 Å². The highest BCUT2D eigenvalue weighted by Crippen LogP contribution is 2.13. The molecule has 0 aliphatic rings. The number of likely N-dealkylation sites (N-methyl/N-ethyl adjacent to an activating group) is 1. The van der Waals surface area contributed by atoms with Crippen LogP contribution in [-0.2, 0) is 19.4 Å². The Balaban J connectivity index is 2.05. The zero-order chi connectivity index (χ0) is 15.2. The fourth-order valence-corrected chi connectivity index (χ4v) is 2.69. The van der Waals surface area contributed by atoms with Gasteiger partial charge in [0, 0.05) is 31.4 Å². The summed E-state index contributed by atoms with van der Waals surface area (Å²) in [6.07, 6.45) is 7.15. The van der Waals surface area contributed by atoms with E-state index in [9.17, 15) is 0 Å². The van der Waals surface area contributed by atoms with Gasteiger partial charge in [-0.25, -0.2) is 4.98 Å². The third-order valence-corrected chi connectivity index (χ3v) is 4.16. The molecular weight excluding hydrogens is 258 g/mol. The normalized spacial score (nSPS) is 12.6. The van der Waals surface area contributed by atoms with Crippen molar-refractivity contribution in [2.24, 2.45) is 0 Å². The zero-order valence-electron chi connectivity index (χ0n) is 13.7. The smallest absolute Gasteiger partial charge is 0.110 e. The van der Waals surface area contributed by atoms with Gasteiger partial charge in [-0.05, 0) is 50.4 Å². The molecule has 3 nitrogen and oxygen atoms in total. The highest BCUT2D eigenvalue weighted by Gasteiger charge is 2.12. The molecule has 0 bridgehead atoms. The van der Waals surface area contributed by atoms with Gasteiger partial charge in [0.1, 0.15) is 5.82 Å².